The van der Waals surface area contributed by atoms with Gasteiger partial charge >= 0.3 is 0 Å². The lowest BCUT2D eigenvalue weighted by Gasteiger charge is -2.46. The summed E-state index contributed by atoms with van der Waals surface area (Å²) >= 11 is 2.20. The van der Waals surface area contributed by atoms with Crippen molar-refractivity contribution in [3.8, 4) is 0 Å². The van der Waals surface area contributed by atoms with E-state index in [2.05, 4.69) is 39.5 Å². The van der Waals surface area contributed by atoms with Crippen molar-refractivity contribution in [3.05, 3.63) is 0 Å². The van der Waals surface area contributed by atoms with Crippen molar-refractivity contribution in [2.45, 2.75) is 57.0 Å². The Morgan fingerprint density at radius 1 is 1.09 bits per heavy atom. The van der Waals surface area contributed by atoms with E-state index in [-0.39, 0.29) is 0 Å². The van der Waals surface area contributed by atoms with E-state index in [4.69, 9.17) is 0 Å². The zero-order chi connectivity index (χ0) is 8.48. The smallest absolute Gasteiger partial charge is 0.0185 e. The number of hydrogen-bond acceptors (Lipinski definition) is 1. The summed E-state index contributed by atoms with van der Waals surface area (Å²) in [6, 6.07) is 0. The number of hydrogen-bond donors (Lipinski definition) is 0. The molecule has 0 aromatic heterocycles. The molecule has 0 nitrogen and oxygen atoms in total. The molecule has 1 aliphatic rings. The molecule has 0 aliphatic heterocycles. The van der Waals surface area contributed by atoms with Crippen LogP contribution in [0.3, 0.4) is 0 Å². The van der Waals surface area contributed by atoms with Crippen molar-refractivity contribution in [2.75, 3.05) is 0 Å². The highest BCUT2D eigenvalue weighted by atomic mass is 32.2. The van der Waals surface area contributed by atoms with Crippen LogP contribution in [0.4, 0.5) is 0 Å². The van der Waals surface area contributed by atoms with Gasteiger partial charge in [-0.1, -0.05) is 34.1 Å². The molecule has 0 saturated heterocycles. The van der Waals surface area contributed by atoms with E-state index < -0.39 is 0 Å². The van der Waals surface area contributed by atoms with Gasteiger partial charge in [-0.3, -0.25) is 0 Å². The van der Waals surface area contributed by atoms with Gasteiger partial charge in [0.2, 0.25) is 0 Å². The molecule has 1 rings (SSSR count). The topological polar surface area (TPSA) is 0 Å². The van der Waals surface area contributed by atoms with Gasteiger partial charge in [-0.15, -0.1) is 0 Å². The second kappa shape index (κ2) is 3.38. The van der Waals surface area contributed by atoms with Crippen LogP contribution >= 0.6 is 11.8 Å². The molecule has 0 amide bonds. The molecule has 1 fully saturated rings. The molecule has 0 bridgehead atoms. The van der Waals surface area contributed by atoms with Gasteiger partial charge in [0.25, 0.3) is 0 Å². The largest absolute Gasteiger partial charge is 0.152 e. The lowest BCUT2D eigenvalue weighted by molar-refractivity contribution is 0.279. The standard InChI is InChI=1S/C10H20S/c1-8(2)10(6-5-7-10)11-9(3)4/h8-9H,5-7H2,1-4H3. The average Bonchev–Trinajstić information content (AvgIpc) is 1.77. The normalized spacial score (nSPS) is 22.4. The Bertz CT molecular complexity index is 123. The number of thioether (sulfide) groups is 1. The molecule has 11 heavy (non-hydrogen) atoms. The fourth-order valence-corrected chi connectivity index (χ4v) is 3.56. The Morgan fingerprint density at radius 3 is 1.73 bits per heavy atom. The zero-order valence-corrected chi connectivity index (χ0v) is 9.00. The fraction of sp³-hybridized carbons (Fsp3) is 1.00. The highest BCUT2D eigenvalue weighted by molar-refractivity contribution is 8.01. The summed E-state index contributed by atoms with van der Waals surface area (Å²) in [4.78, 5) is 0. The Morgan fingerprint density at radius 2 is 1.64 bits per heavy atom. The van der Waals surface area contributed by atoms with Gasteiger partial charge in [0, 0.05) is 4.75 Å². The Labute approximate surface area is 75.1 Å². The van der Waals surface area contributed by atoms with Crippen molar-refractivity contribution in [1.29, 1.82) is 0 Å². The van der Waals surface area contributed by atoms with Gasteiger partial charge in [0.15, 0.2) is 0 Å². The zero-order valence-electron chi connectivity index (χ0n) is 8.18. The van der Waals surface area contributed by atoms with E-state index in [9.17, 15) is 0 Å². The first-order valence-electron chi connectivity index (χ1n) is 4.75. The van der Waals surface area contributed by atoms with Crippen LogP contribution < -0.4 is 0 Å². The Hall–Kier alpha value is 0.350. The summed E-state index contributed by atoms with van der Waals surface area (Å²) in [6.07, 6.45) is 4.36. The van der Waals surface area contributed by atoms with E-state index in [1.807, 2.05) is 0 Å². The molecule has 1 saturated carbocycles. The van der Waals surface area contributed by atoms with Gasteiger partial charge in [0.05, 0.1) is 0 Å². The predicted molar refractivity (Wildman–Crippen MR) is 54.1 cm³/mol. The summed E-state index contributed by atoms with van der Waals surface area (Å²) in [6.45, 7) is 9.36. The van der Waals surface area contributed by atoms with Crippen LogP contribution in [0.2, 0.25) is 0 Å². The summed E-state index contributed by atoms with van der Waals surface area (Å²) in [5, 5.41) is 0.803. The van der Waals surface area contributed by atoms with Gasteiger partial charge in [-0.05, 0) is 24.0 Å². The van der Waals surface area contributed by atoms with Crippen LogP contribution in [0.1, 0.15) is 47.0 Å². The molecular formula is C10H20S. The van der Waals surface area contributed by atoms with Crippen molar-refractivity contribution < 1.29 is 0 Å². The summed E-state index contributed by atoms with van der Waals surface area (Å²) in [5.74, 6) is 0.864. The lowest BCUT2D eigenvalue weighted by atomic mass is 9.76. The average molecular weight is 172 g/mol. The molecule has 0 unspecified atom stereocenters. The van der Waals surface area contributed by atoms with E-state index in [1.165, 1.54) is 19.3 Å². The van der Waals surface area contributed by atoms with Crippen LogP contribution in [-0.2, 0) is 0 Å². The maximum Gasteiger partial charge on any atom is 0.0185 e. The van der Waals surface area contributed by atoms with Crippen LogP contribution in [0.25, 0.3) is 0 Å². The van der Waals surface area contributed by atoms with Crippen LogP contribution in [0.15, 0.2) is 0 Å². The quantitative estimate of drug-likeness (QED) is 0.625. The molecule has 0 heterocycles. The molecule has 0 atom stereocenters. The lowest BCUT2D eigenvalue weighted by Crippen LogP contribution is -2.39. The van der Waals surface area contributed by atoms with E-state index in [1.54, 1.807) is 0 Å². The minimum Gasteiger partial charge on any atom is -0.152 e. The van der Waals surface area contributed by atoms with E-state index in [0.717, 1.165) is 11.2 Å². The summed E-state index contributed by atoms with van der Waals surface area (Å²) < 4.78 is 0.661. The highest BCUT2D eigenvalue weighted by Gasteiger charge is 2.40. The number of rotatable bonds is 3. The Balaban J connectivity index is 2.47. The van der Waals surface area contributed by atoms with Crippen molar-refractivity contribution in [3.63, 3.8) is 0 Å². The van der Waals surface area contributed by atoms with Gasteiger partial charge in [-0.2, -0.15) is 11.8 Å². The molecular weight excluding hydrogens is 152 g/mol. The van der Waals surface area contributed by atoms with Crippen molar-refractivity contribution >= 4 is 11.8 Å². The van der Waals surface area contributed by atoms with Gasteiger partial charge in [0.1, 0.15) is 0 Å². The molecule has 0 spiro atoms. The van der Waals surface area contributed by atoms with Crippen molar-refractivity contribution in [1.82, 2.24) is 0 Å². The molecule has 1 heteroatoms. The maximum absolute atomic E-state index is 2.37. The second-order valence-electron chi connectivity index (χ2n) is 4.24. The fourth-order valence-electron chi connectivity index (χ4n) is 1.83. The van der Waals surface area contributed by atoms with Gasteiger partial charge < -0.3 is 0 Å². The molecule has 1 aliphatic carbocycles. The maximum atomic E-state index is 2.37. The molecule has 66 valence electrons. The second-order valence-corrected chi connectivity index (χ2v) is 6.23. The highest BCUT2D eigenvalue weighted by Crippen LogP contribution is 2.50. The minimum atomic E-state index is 0.661. The van der Waals surface area contributed by atoms with Crippen LogP contribution in [0, 0.1) is 5.92 Å². The predicted octanol–water partition coefficient (Wildman–Crippen LogP) is 3.71. The minimum absolute atomic E-state index is 0.661. The monoisotopic (exact) mass is 172 g/mol. The SMILES string of the molecule is CC(C)SC1(C(C)C)CCC1. The summed E-state index contributed by atoms with van der Waals surface area (Å²) in [5.41, 5.74) is 0. The first-order valence-corrected chi connectivity index (χ1v) is 5.62. The van der Waals surface area contributed by atoms with Gasteiger partial charge in [-0.25, -0.2) is 0 Å². The summed E-state index contributed by atoms with van der Waals surface area (Å²) in [7, 11) is 0. The molecule has 0 aromatic rings. The van der Waals surface area contributed by atoms with E-state index in [0.29, 0.717) is 4.75 Å². The molecule has 0 radical (unpaired) electrons. The Kier molecular flexibility index (Phi) is 2.90. The third-order valence-electron chi connectivity index (χ3n) is 2.72. The third-order valence-corrected chi connectivity index (χ3v) is 4.54. The van der Waals surface area contributed by atoms with E-state index >= 15 is 0 Å². The third kappa shape index (κ3) is 1.93. The van der Waals surface area contributed by atoms with Crippen LogP contribution in [0.5, 0.6) is 0 Å². The first-order chi connectivity index (χ1) is 5.07. The first kappa shape index (κ1) is 9.44. The molecule has 0 N–H and O–H groups in total. The molecule has 0 aromatic carbocycles. The van der Waals surface area contributed by atoms with Crippen LogP contribution in [-0.4, -0.2) is 10.00 Å². The van der Waals surface area contributed by atoms with Crippen molar-refractivity contribution in [2.24, 2.45) is 5.92 Å².